The molecule has 7 aliphatic carbocycles. The van der Waals surface area contributed by atoms with E-state index in [9.17, 15) is 0 Å². The Labute approximate surface area is 207 Å². The lowest BCUT2D eigenvalue weighted by atomic mass is 9.67. The third-order valence-corrected chi connectivity index (χ3v) is 12.8. The van der Waals surface area contributed by atoms with Crippen LogP contribution in [0.15, 0.2) is 57.5 Å². The van der Waals surface area contributed by atoms with Crippen molar-refractivity contribution in [2.75, 3.05) is 0 Å². The fraction of sp³-hybridized carbons (Fsp3) is 0.533. The monoisotopic (exact) mass is 546 g/mol. The molecule has 2 heteroatoms. The summed E-state index contributed by atoms with van der Waals surface area (Å²) in [6.45, 7) is 0. The largest absolute Gasteiger partial charge is 0.0848 e. The molecule has 0 N–H and O–H groups in total. The van der Waals surface area contributed by atoms with Crippen LogP contribution in [0.2, 0.25) is 0 Å². The van der Waals surface area contributed by atoms with Gasteiger partial charge in [0.15, 0.2) is 0 Å². The number of allylic oxidation sites excluding steroid dienone is 2. The summed E-state index contributed by atoms with van der Waals surface area (Å²) in [5, 5.41) is 0. The van der Waals surface area contributed by atoms with Gasteiger partial charge in [0.25, 0.3) is 0 Å². The Bertz CT molecular complexity index is 1170. The predicted molar refractivity (Wildman–Crippen MR) is 135 cm³/mol. The molecule has 9 rings (SSSR count). The number of halogens is 2. The summed E-state index contributed by atoms with van der Waals surface area (Å²) in [5.74, 6) is 10.1. The van der Waals surface area contributed by atoms with E-state index in [0.29, 0.717) is 0 Å². The van der Waals surface area contributed by atoms with Crippen molar-refractivity contribution in [3.63, 3.8) is 0 Å². The maximum absolute atomic E-state index is 3.83. The first-order valence-corrected chi connectivity index (χ1v) is 14.5. The molecule has 2 aromatic rings. The maximum Gasteiger partial charge on any atom is 0.0221 e. The van der Waals surface area contributed by atoms with Gasteiger partial charge < -0.3 is 0 Å². The second-order valence-corrected chi connectivity index (χ2v) is 14.3. The molecule has 0 amide bonds. The molecule has 2 aromatic carbocycles. The Kier molecular flexibility index (Phi) is 3.38. The number of rotatable bonds is 0. The van der Waals surface area contributed by atoms with Crippen molar-refractivity contribution in [1.82, 2.24) is 0 Å². The third kappa shape index (κ3) is 1.97. The first-order chi connectivity index (χ1) is 15.6. The van der Waals surface area contributed by atoms with E-state index in [4.69, 9.17) is 0 Å². The smallest absolute Gasteiger partial charge is 0.0221 e. The van der Waals surface area contributed by atoms with Gasteiger partial charge in [0.1, 0.15) is 0 Å². The highest BCUT2D eigenvalue weighted by Gasteiger charge is 2.70. The zero-order valence-corrected chi connectivity index (χ0v) is 21.4. The molecule has 0 aromatic heterocycles. The molecular weight excluding hydrogens is 520 g/mol. The molecule has 7 aliphatic rings. The molecule has 0 radical (unpaired) electrons. The highest BCUT2D eigenvalue weighted by Crippen LogP contribution is 2.76. The van der Waals surface area contributed by atoms with Gasteiger partial charge in [0, 0.05) is 14.4 Å². The molecule has 10 atom stereocenters. The number of hydrogen-bond donors (Lipinski definition) is 0. The van der Waals surface area contributed by atoms with Gasteiger partial charge in [-0.05, 0) is 138 Å². The first-order valence-electron chi connectivity index (χ1n) is 12.9. The molecule has 4 bridgehead atoms. The SMILES string of the molecule is Brc1ccc2c(c1)C1(CC3C(C1)C1CC3C3CC4C5C=CC(C5)C4C13)c1cc(Br)ccc1-2. The molecule has 5 saturated carbocycles. The van der Waals surface area contributed by atoms with Crippen LogP contribution in [0.1, 0.15) is 43.2 Å². The lowest BCUT2D eigenvalue weighted by Crippen LogP contribution is -2.33. The normalized spacial score (nSPS) is 46.6. The minimum atomic E-state index is 0.247. The van der Waals surface area contributed by atoms with Crippen molar-refractivity contribution in [2.24, 2.45) is 59.2 Å². The minimum Gasteiger partial charge on any atom is -0.0848 e. The second-order valence-electron chi connectivity index (χ2n) is 12.4. The van der Waals surface area contributed by atoms with Crippen molar-refractivity contribution < 1.29 is 0 Å². The Morgan fingerprint density at radius 1 is 0.594 bits per heavy atom. The van der Waals surface area contributed by atoms with E-state index in [1.54, 1.807) is 24.0 Å². The summed E-state index contributed by atoms with van der Waals surface area (Å²) in [6.07, 6.45) is 12.7. The molecule has 0 aliphatic heterocycles. The highest BCUT2D eigenvalue weighted by molar-refractivity contribution is 9.10. The van der Waals surface area contributed by atoms with Gasteiger partial charge in [-0.1, -0.05) is 56.1 Å². The van der Waals surface area contributed by atoms with Crippen LogP contribution in [0.4, 0.5) is 0 Å². The summed E-state index contributed by atoms with van der Waals surface area (Å²) in [5.41, 5.74) is 6.50. The van der Waals surface area contributed by atoms with E-state index < -0.39 is 0 Å². The Morgan fingerprint density at radius 2 is 1.19 bits per heavy atom. The Balaban J connectivity index is 1.17. The third-order valence-electron chi connectivity index (χ3n) is 11.9. The average molecular weight is 548 g/mol. The molecule has 162 valence electrons. The molecule has 0 nitrogen and oxygen atoms in total. The lowest BCUT2D eigenvalue weighted by Gasteiger charge is -2.38. The number of fused-ring (bicyclic) bond motifs is 19. The van der Waals surface area contributed by atoms with Gasteiger partial charge in [0.2, 0.25) is 0 Å². The van der Waals surface area contributed by atoms with Crippen LogP contribution in [0, 0.1) is 59.2 Å². The highest BCUT2D eigenvalue weighted by atomic mass is 79.9. The summed E-state index contributed by atoms with van der Waals surface area (Å²) >= 11 is 7.65. The fourth-order valence-corrected chi connectivity index (χ4v) is 12.0. The average Bonchev–Trinajstić information content (AvgIpc) is 3.60. The van der Waals surface area contributed by atoms with Crippen molar-refractivity contribution in [2.45, 2.75) is 37.5 Å². The molecule has 0 saturated heterocycles. The topological polar surface area (TPSA) is 0 Å². The van der Waals surface area contributed by atoms with E-state index >= 15 is 0 Å². The van der Waals surface area contributed by atoms with Gasteiger partial charge in [-0.25, -0.2) is 0 Å². The van der Waals surface area contributed by atoms with Crippen molar-refractivity contribution in [3.8, 4) is 11.1 Å². The maximum atomic E-state index is 3.83. The molecule has 5 fully saturated rings. The van der Waals surface area contributed by atoms with E-state index in [1.807, 2.05) is 0 Å². The van der Waals surface area contributed by atoms with Gasteiger partial charge in [-0.15, -0.1) is 0 Å². The van der Waals surface area contributed by atoms with Crippen molar-refractivity contribution >= 4 is 31.9 Å². The van der Waals surface area contributed by atoms with E-state index in [0.717, 1.165) is 59.2 Å². The van der Waals surface area contributed by atoms with Crippen LogP contribution in [0.3, 0.4) is 0 Å². The summed E-state index contributed by atoms with van der Waals surface area (Å²) in [6, 6.07) is 14.2. The lowest BCUT2D eigenvalue weighted by molar-refractivity contribution is 0.102. The van der Waals surface area contributed by atoms with Gasteiger partial charge in [0.05, 0.1) is 0 Å². The molecule has 32 heavy (non-hydrogen) atoms. The van der Waals surface area contributed by atoms with Crippen molar-refractivity contribution in [1.29, 1.82) is 0 Å². The van der Waals surface area contributed by atoms with Crippen LogP contribution in [0.25, 0.3) is 11.1 Å². The fourth-order valence-electron chi connectivity index (χ4n) is 11.3. The Hall–Kier alpha value is -0.860. The van der Waals surface area contributed by atoms with Crippen LogP contribution in [0.5, 0.6) is 0 Å². The molecular formula is C30H28Br2. The first kappa shape index (κ1) is 18.5. The van der Waals surface area contributed by atoms with Crippen LogP contribution in [-0.2, 0) is 5.41 Å². The van der Waals surface area contributed by atoms with Crippen LogP contribution < -0.4 is 0 Å². The quantitative estimate of drug-likeness (QED) is 0.291. The van der Waals surface area contributed by atoms with E-state index in [-0.39, 0.29) is 5.41 Å². The molecule has 0 heterocycles. The van der Waals surface area contributed by atoms with Gasteiger partial charge in [-0.3, -0.25) is 0 Å². The summed E-state index contributed by atoms with van der Waals surface area (Å²) in [7, 11) is 0. The second kappa shape index (κ2) is 5.85. The van der Waals surface area contributed by atoms with Crippen LogP contribution in [-0.4, -0.2) is 0 Å². The van der Waals surface area contributed by atoms with Gasteiger partial charge in [-0.2, -0.15) is 0 Å². The summed E-state index contributed by atoms with van der Waals surface area (Å²) < 4.78 is 2.49. The molecule has 1 spiro atoms. The zero-order chi connectivity index (χ0) is 20.9. The van der Waals surface area contributed by atoms with Crippen LogP contribution >= 0.6 is 31.9 Å². The van der Waals surface area contributed by atoms with Crippen molar-refractivity contribution in [3.05, 3.63) is 68.6 Å². The number of benzene rings is 2. The Morgan fingerprint density at radius 3 is 1.91 bits per heavy atom. The predicted octanol–water partition coefficient (Wildman–Crippen LogP) is 8.23. The standard InChI is InChI=1S/C30H28Br2/c31-16-3-5-18-19-6-4-17(32)9-27(19)30(26(18)8-16)12-24-21-11-23(25(24)13-30)29-22(21)10-20-14-1-2-15(7-14)28(20)29/h1-6,8-9,14-15,20-25,28-29H,7,10-13H2. The minimum absolute atomic E-state index is 0.247. The number of hydrogen-bond acceptors (Lipinski definition) is 0. The molecule has 10 unspecified atom stereocenters. The van der Waals surface area contributed by atoms with E-state index in [1.165, 1.54) is 39.3 Å². The van der Waals surface area contributed by atoms with E-state index in [2.05, 4.69) is 80.4 Å². The van der Waals surface area contributed by atoms with Gasteiger partial charge >= 0.3 is 0 Å². The zero-order valence-electron chi connectivity index (χ0n) is 18.2. The summed E-state index contributed by atoms with van der Waals surface area (Å²) in [4.78, 5) is 0.